The second-order valence-electron chi connectivity index (χ2n) is 5.09. The summed E-state index contributed by atoms with van der Waals surface area (Å²) >= 11 is 1.81. The lowest BCUT2D eigenvalue weighted by molar-refractivity contribution is 0.344. The molecule has 0 saturated carbocycles. The van der Waals surface area contributed by atoms with Crippen LogP contribution in [0, 0.1) is 12.8 Å². The van der Waals surface area contributed by atoms with Crippen molar-refractivity contribution in [2.45, 2.75) is 39.2 Å². The molecule has 0 radical (unpaired) electrons. The molecular weight excluding hydrogens is 228 g/mol. The van der Waals surface area contributed by atoms with Gasteiger partial charge in [0.2, 0.25) is 0 Å². The van der Waals surface area contributed by atoms with E-state index in [1.54, 1.807) is 11.3 Å². The first-order valence-corrected chi connectivity index (χ1v) is 7.73. The summed E-state index contributed by atoms with van der Waals surface area (Å²) in [6.45, 7) is 6.86. The van der Waals surface area contributed by atoms with Crippen LogP contribution >= 0.6 is 11.3 Å². The quantitative estimate of drug-likeness (QED) is 0.761. The molecule has 96 valence electrons. The van der Waals surface area contributed by atoms with E-state index in [0.717, 1.165) is 12.5 Å². The van der Waals surface area contributed by atoms with Crippen LogP contribution in [0.25, 0.3) is 0 Å². The van der Waals surface area contributed by atoms with E-state index >= 15 is 0 Å². The molecule has 0 aliphatic carbocycles. The Labute approximate surface area is 109 Å². The zero-order valence-corrected chi connectivity index (χ0v) is 11.6. The lowest BCUT2D eigenvalue weighted by atomic mass is 9.93. The Balaban J connectivity index is 1.53. The van der Waals surface area contributed by atoms with E-state index in [2.05, 4.69) is 28.3 Å². The predicted octanol–water partition coefficient (Wildman–Crippen LogP) is 2.93. The fourth-order valence-corrected chi connectivity index (χ4v) is 3.33. The van der Waals surface area contributed by atoms with Crippen LogP contribution < -0.4 is 10.6 Å². The molecule has 1 aliphatic heterocycles. The summed E-state index contributed by atoms with van der Waals surface area (Å²) in [7, 11) is 0. The summed E-state index contributed by atoms with van der Waals surface area (Å²) in [5, 5.41) is 11.5. The molecule has 1 saturated heterocycles. The van der Waals surface area contributed by atoms with Gasteiger partial charge in [0.15, 0.2) is 0 Å². The van der Waals surface area contributed by atoms with Crippen molar-refractivity contribution < 1.29 is 0 Å². The molecule has 17 heavy (non-hydrogen) atoms. The van der Waals surface area contributed by atoms with Crippen molar-refractivity contribution in [1.29, 1.82) is 0 Å². The van der Waals surface area contributed by atoms with E-state index in [0.29, 0.717) is 0 Å². The predicted molar refractivity (Wildman–Crippen MR) is 75.6 cm³/mol. The molecule has 1 aromatic heterocycles. The fourth-order valence-electron chi connectivity index (χ4n) is 2.48. The number of hydrogen-bond donors (Lipinski definition) is 2. The SMILES string of the molecule is Cc1cscc1CNCCCC1CCNCC1. The van der Waals surface area contributed by atoms with Gasteiger partial charge in [-0.3, -0.25) is 0 Å². The van der Waals surface area contributed by atoms with Crippen LogP contribution in [-0.4, -0.2) is 19.6 Å². The van der Waals surface area contributed by atoms with Gasteiger partial charge in [-0.2, -0.15) is 11.3 Å². The molecule has 2 N–H and O–H groups in total. The molecule has 1 aliphatic rings. The topological polar surface area (TPSA) is 24.1 Å². The highest BCUT2D eigenvalue weighted by Gasteiger charge is 2.11. The minimum absolute atomic E-state index is 0.973. The van der Waals surface area contributed by atoms with Gasteiger partial charge in [0.05, 0.1) is 0 Å². The Kier molecular flexibility index (Phi) is 5.49. The van der Waals surface area contributed by atoms with Crippen LogP contribution in [0.5, 0.6) is 0 Å². The summed E-state index contributed by atoms with van der Waals surface area (Å²) in [5.74, 6) is 0.973. The number of thiophene rings is 1. The summed E-state index contributed by atoms with van der Waals surface area (Å²) < 4.78 is 0. The molecule has 0 spiro atoms. The maximum absolute atomic E-state index is 3.56. The van der Waals surface area contributed by atoms with Gasteiger partial charge in [0.1, 0.15) is 0 Å². The van der Waals surface area contributed by atoms with Crippen molar-refractivity contribution in [3.8, 4) is 0 Å². The van der Waals surface area contributed by atoms with Crippen molar-refractivity contribution in [3.63, 3.8) is 0 Å². The second kappa shape index (κ2) is 7.14. The van der Waals surface area contributed by atoms with Gasteiger partial charge in [-0.25, -0.2) is 0 Å². The summed E-state index contributed by atoms with van der Waals surface area (Å²) in [5.41, 5.74) is 2.90. The number of nitrogens with one attached hydrogen (secondary N) is 2. The Hall–Kier alpha value is -0.380. The molecule has 1 fully saturated rings. The maximum atomic E-state index is 3.56. The first kappa shape index (κ1) is 13.1. The largest absolute Gasteiger partial charge is 0.317 e. The zero-order chi connectivity index (χ0) is 11.9. The van der Waals surface area contributed by atoms with Crippen molar-refractivity contribution in [3.05, 3.63) is 21.9 Å². The molecule has 2 rings (SSSR count). The fraction of sp³-hybridized carbons (Fsp3) is 0.714. The molecular formula is C14H24N2S. The Bertz CT molecular complexity index is 316. The number of piperidine rings is 1. The minimum Gasteiger partial charge on any atom is -0.317 e. The third kappa shape index (κ3) is 4.41. The Morgan fingerprint density at radius 1 is 1.35 bits per heavy atom. The Morgan fingerprint density at radius 3 is 2.88 bits per heavy atom. The zero-order valence-electron chi connectivity index (χ0n) is 10.8. The molecule has 0 amide bonds. The number of rotatable bonds is 6. The van der Waals surface area contributed by atoms with E-state index in [1.807, 2.05) is 0 Å². The molecule has 0 bridgehead atoms. The molecule has 1 aromatic rings. The molecule has 3 heteroatoms. The van der Waals surface area contributed by atoms with Crippen molar-refractivity contribution in [2.75, 3.05) is 19.6 Å². The maximum Gasteiger partial charge on any atom is 0.0216 e. The van der Waals surface area contributed by atoms with Crippen LogP contribution in [0.3, 0.4) is 0 Å². The Morgan fingerprint density at radius 2 is 2.18 bits per heavy atom. The number of aryl methyl sites for hydroxylation is 1. The van der Waals surface area contributed by atoms with Gasteiger partial charge in [0, 0.05) is 6.54 Å². The monoisotopic (exact) mass is 252 g/mol. The van der Waals surface area contributed by atoms with E-state index < -0.39 is 0 Å². The van der Waals surface area contributed by atoms with Gasteiger partial charge < -0.3 is 10.6 Å². The van der Waals surface area contributed by atoms with Gasteiger partial charge >= 0.3 is 0 Å². The van der Waals surface area contributed by atoms with Gasteiger partial charge in [-0.05, 0) is 80.0 Å². The minimum atomic E-state index is 0.973. The normalized spacial score (nSPS) is 17.5. The van der Waals surface area contributed by atoms with Crippen LogP contribution in [0.4, 0.5) is 0 Å². The van der Waals surface area contributed by atoms with Gasteiger partial charge in [-0.1, -0.05) is 0 Å². The summed E-state index contributed by atoms with van der Waals surface area (Å²) in [6, 6.07) is 0. The third-order valence-electron chi connectivity index (χ3n) is 3.70. The van der Waals surface area contributed by atoms with Crippen LogP contribution in [-0.2, 0) is 6.54 Å². The summed E-state index contributed by atoms with van der Waals surface area (Å²) in [4.78, 5) is 0. The van der Waals surface area contributed by atoms with Gasteiger partial charge in [-0.15, -0.1) is 0 Å². The van der Waals surface area contributed by atoms with E-state index in [1.165, 1.54) is 56.4 Å². The smallest absolute Gasteiger partial charge is 0.0216 e. The lowest BCUT2D eigenvalue weighted by Crippen LogP contribution is -2.28. The van der Waals surface area contributed by atoms with E-state index in [4.69, 9.17) is 0 Å². The van der Waals surface area contributed by atoms with Crippen LogP contribution in [0.15, 0.2) is 10.8 Å². The van der Waals surface area contributed by atoms with Crippen LogP contribution in [0.1, 0.15) is 36.8 Å². The number of hydrogen-bond acceptors (Lipinski definition) is 3. The first-order chi connectivity index (χ1) is 8.36. The van der Waals surface area contributed by atoms with Crippen LogP contribution in [0.2, 0.25) is 0 Å². The van der Waals surface area contributed by atoms with Crippen molar-refractivity contribution in [1.82, 2.24) is 10.6 Å². The highest BCUT2D eigenvalue weighted by Crippen LogP contribution is 2.17. The second-order valence-corrected chi connectivity index (χ2v) is 5.84. The van der Waals surface area contributed by atoms with Gasteiger partial charge in [0.25, 0.3) is 0 Å². The highest BCUT2D eigenvalue weighted by molar-refractivity contribution is 7.08. The molecule has 2 nitrogen and oxygen atoms in total. The molecule has 2 heterocycles. The summed E-state index contributed by atoms with van der Waals surface area (Å²) in [6.07, 6.45) is 5.48. The third-order valence-corrected chi connectivity index (χ3v) is 4.61. The average Bonchev–Trinajstić information content (AvgIpc) is 2.76. The standard InChI is InChI=1S/C14H24N2S/c1-12-10-17-11-14(12)9-16-6-2-3-13-4-7-15-8-5-13/h10-11,13,15-16H,2-9H2,1H3. The average molecular weight is 252 g/mol. The molecule has 0 atom stereocenters. The van der Waals surface area contributed by atoms with E-state index in [-0.39, 0.29) is 0 Å². The molecule has 0 unspecified atom stereocenters. The molecule has 0 aromatic carbocycles. The highest BCUT2D eigenvalue weighted by atomic mass is 32.1. The lowest BCUT2D eigenvalue weighted by Gasteiger charge is -2.22. The first-order valence-electron chi connectivity index (χ1n) is 6.79. The van der Waals surface area contributed by atoms with E-state index in [9.17, 15) is 0 Å². The van der Waals surface area contributed by atoms with Crippen molar-refractivity contribution >= 4 is 11.3 Å². The van der Waals surface area contributed by atoms with Crippen molar-refractivity contribution in [2.24, 2.45) is 5.92 Å².